The second-order valence-electron chi connectivity index (χ2n) is 3.11. The average Bonchev–Trinajstić information content (AvgIpc) is 2.20. The van der Waals surface area contributed by atoms with E-state index in [0.717, 1.165) is 17.2 Å². The third kappa shape index (κ3) is 2.76. The molecular formula is C9H13FN2O3. The van der Waals surface area contributed by atoms with Gasteiger partial charge in [0.2, 0.25) is 5.82 Å². The molecule has 0 fully saturated rings. The fraction of sp³-hybridized carbons (Fsp3) is 0.556. The minimum Gasteiger partial charge on any atom is -0.358 e. The van der Waals surface area contributed by atoms with E-state index in [4.69, 9.17) is 4.74 Å². The van der Waals surface area contributed by atoms with Crippen LogP contribution in [0.4, 0.5) is 4.39 Å². The van der Waals surface area contributed by atoms with E-state index in [1.807, 2.05) is 11.9 Å². The molecule has 0 saturated heterocycles. The number of hydrogen-bond donors (Lipinski definition) is 1. The molecule has 0 amide bonds. The summed E-state index contributed by atoms with van der Waals surface area (Å²) in [6, 6.07) is 0. The van der Waals surface area contributed by atoms with Gasteiger partial charge in [-0.2, -0.15) is 4.39 Å². The lowest BCUT2D eigenvalue weighted by Crippen LogP contribution is -2.33. The Balaban J connectivity index is 2.99. The highest BCUT2D eigenvalue weighted by Gasteiger charge is 2.09. The molecule has 15 heavy (non-hydrogen) atoms. The highest BCUT2D eigenvalue weighted by atomic mass is 19.1. The smallest absolute Gasteiger partial charge is 0.330 e. The molecule has 0 aliphatic carbocycles. The topological polar surface area (TPSA) is 64.1 Å². The number of nitrogens with one attached hydrogen (secondary N) is 1. The summed E-state index contributed by atoms with van der Waals surface area (Å²) in [5.74, 6) is -0.999. The van der Waals surface area contributed by atoms with Gasteiger partial charge in [0.1, 0.15) is 6.23 Å². The summed E-state index contributed by atoms with van der Waals surface area (Å²) in [4.78, 5) is 23.9. The summed E-state index contributed by atoms with van der Waals surface area (Å²) in [6.07, 6.45) is 1.05. The molecule has 0 aromatic carbocycles. The van der Waals surface area contributed by atoms with Gasteiger partial charge >= 0.3 is 5.69 Å². The number of rotatable bonds is 4. The lowest BCUT2D eigenvalue weighted by Gasteiger charge is -2.14. The number of ether oxygens (including phenoxy) is 1. The van der Waals surface area contributed by atoms with Gasteiger partial charge in [0, 0.05) is 6.61 Å². The van der Waals surface area contributed by atoms with Crippen molar-refractivity contribution in [3.8, 4) is 0 Å². The molecular weight excluding hydrogens is 203 g/mol. The molecule has 5 nitrogen and oxygen atoms in total. The minimum atomic E-state index is -1.01. The fourth-order valence-corrected chi connectivity index (χ4v) is 1.10. The van der Waals surface area contributed by atoms with Crippen molar-refractivity contribution in [2.24, 2.45) is 0 Å². The summed E-state index contributed by atoms with van der Waals surface area (Å²) in [5, 5.41) is 0. The second-order valence-corrected chi connectivity index (χ2v) is 3.11. The first-order valence-electron chi connectivity index (χ1n) is 4.68. The third-order valence-electron chi connectivity index (χ3n) is 1.88. The van der Waals surface area contributed by atoms with Crippen molar-refractivity contribution in [3.63, 3.8) is 0 Å². The van der Waals surface area contributed by atoms with Gasteiger partial charge in [0.25, 0.3) is 5.56 Å². The Morgan fingerprint density at radius 3 is 2.87 bits per heavy atom. The van der Waals surface area contributed by atoms with Gasteiger partial charge in [-0.1, -0.05) is 6.92 Å². The molecule has 0 aliphatic rings. The van der Waals surface area contributed by atoms with Gasteiger partial charge in [0.15, 0.2) is 0 Å². The molecule has 0 unspecified atom stereocenters. The van der Waals surface area contributed by atoms with Crippen LogP contribution < -0.4 is 11.2 Å². The molecule has 1 aromatic rings. The molecule has 6 heteroatoms. The van der Waals surface area contributed by atoms with Gasteiger partial charge in [0.05, 0.1) is 6.20 Å². The van der Waals surface area contributed by atoms with Crippen LogP contribution in [0.2, 0.25) is 0 Å². The molecule has 0 aliphatic heterocycles. The van der Waals surface area contributed by atoms with Gasteiger partial charge < -0.3 is 4.74 Å². The Morgan fingerprint density at radius 2 is 2.27 bits per heavy atom. The van der Waals surface area contributed by atoms with E-state index in [1.54, 1.807) is 6.92 Å². The van der Waals surface area contributed by atoms with Crippen molar-refractivity contribution in [2.45, 2.75) is 26.5 Å². The largest absolute Gasteiger partial charge is 0.358 e. The van der Waals surface area contributed by atoms with Crippen LogP contribution in [0, 0.1) is 5.82 Å². The van der Waals surface area contributed by atoms with E-state index in [-0.39, 0.29) is 0 Å². The van der Waals surface area contributed by atoms with Gasteiger partial charge in [-0.05, 0) is 13.3 Å². The zero-order valence-corrected chi connectivity index (χ0v) is 8.62. The molecule has 1 heterocycles. The van der Waals surface area contributed by atoms with Crippen molar-refractivity contribution >= 4 is 0 Å². The van der Waals surface area contributed by atoms with Gasteiger partial charge in [-0.3, -0.25) is 14.3 Å². The van der Waals surface area contributed by atoms with Crippen LogP contribution >= 0.6 is 0 Å². The maximum atomic E-state index is 12.9. The highest BCUT2D eigenvalue weighted by molar-refractivity contribution is 4.87. The van der Waals surface area contributed by atoms with Crippen LogP contribution in [0.5, 0.6) is 0 Å². The summed E-state index contributed by atoms with van der Waals surface area (Å²) in [5.41, 5.74) is -1.69. The van der Waals surface area contributed by atoms with Crippen molar-refractivity contribution < 1.29 is 9.13 Å². The van der Waals surface area contributed by atoms with Crippen LogP contribution in [0.15, 0.2) is 15.8 Å². The first-order valence-corrected chi connectivity index (χ1v) is 4.68. The monoisotopic (exact) mass is 216 g/mol. The van der Waals surface area contributed by atoms with Crippen LogP contribution in [0.25, 0.3) is 0 Å². The molecule has 0 saturated carbocycles. The van der Waals surface area contributed by atoms with Gasteiger partial charge in [-0.25, -0.2) is 4.79 Å². The Labute approximate surface area is 85.5 Å². The summed E-state index contributed by atoms with van der Waals surface area (Å²) in [6.45, 7) is 3.99. The SMILES string of the molecule is CCCO[C@@H](C)n1cc(F)c(=O)[nH]c1=O. The number of aromatic nitrogens is 2. The highest BCUT2D eigenvalue weighted by Crippen LogP contribution is 2.03. The van der Waals surface area contributed by atoms with E-state index >= 15 is 0 Å². The zero-order chi connectivity index (χ0) is 11.4. The van der Waals surface area contributed by atoms with E-state index in [9.17, 15) is 14.0 Å². The average molecular weight is 216 g/mol. The predicted octanol–water partition coefficient (Wildman–Crippen LogP) is 0.621. The van der Waals surface area contributed by atoms with Crippen molar-refractivity contribution in [1.82, 2.24) is 9.55 Å². The molecule has 1 N–H and O–H groups in total. The van der Waals surface area contributed by atoms with Crippen LogP contribution in [-0.4, -0.2) is 16.2 Å². The number of hydrogen-bond acceptors (Lipinski definition) is 3. The predicted molar refractivity (Wildman–Crippen MR) is 52.2 cm³/mol. The fourth-order valence-electron chi connectivity index (χ4n) is 1.10. The van der Waals surface area contributed by atoms with E-state index in [0.29, 0.717) is 6.61 Å². The third-order valence-corrected chi connectivity index (χ3v) is 1.88. The maximum Gasteiger partial charge on any atom is 0.330 e. The number of H-pyrrole nitrogens is 1. The number of aromatic amines is 1. The molecule has 0 spiro atoms. The Morgan fingerprint density at radius 1 is 1.60 bits per heavy atom. The van der Waals surface area contributed by atoms with E-state index < -0.39 is 23.3 Å². The number of nitrogens with zero attached hydrogens (tertiary/aromatic N) is 1. The lowest BCUT2D eigenvalue weighted by molar-refractivity contribution is 0.0126. The first-order chi connectivity index (χ1) is 7.06. The quantitative estimate of drug-likeness (QED) is 0.802. The van der Waals surface area contributed by atoms with Gasteiger partial charge in [-0.15, -0.1) is 0 Å². The van der Waals surface area contributed by atoms with Crippen LogP contribution in [0.1, 0.15) is 26.5 Å². The Hall–Kier alpha value is -1.43. The summed E-state index contributed by atoms with van der Waals surface area (Å²) in [7, 11) is 0. The molecule has 1 atom stereocenters. The maximum absolute atomic E-state index is 12.9. The normalized spacial score (nSPS) is 12.7. The zero-order valence-electron chi connectivity index (χ0n) is 8.62. The standard InChI is InChI=1S/C9H13FN2O3/c1-3-4-15-6(2)12-5-7(10)8(13)11-9(12)14/h5-6H,3-4H2,1-2H3,(H,11,13,14)/t6-/m0/s1. The Kier molecular flexibility index (Phi) is 3.79. The van der Waals surface area contributed by atoms with Crippen molar-refractivity contribution in [3.05, 3.63) is 32.9 Å². The van der Waals surface area contributed by atoms with Crippen molar-refractivity contribution in [1.29, 1.82) is 0 Å². The number of halogens is 1. The van der Waals surface area contributed by atoms with Crippen molar-refractivity contribution in [2.75, 3.05) is 6.61 Å². The second kappa shape index (κ2) is 4.88. The van der Waals surface area contributed by atoms with Crippen LogP contribution in [-0.2, 0) is 4.74 Å². The molecule has 0 radical (unpaired) electrons. The van der Waals surface area contributed by atoms with E-state index in [1.165, 1.54) is 0 Å². The minimum absolute atomic E-state index is 0.467. The molecule has 1 rings (SSSR count). The summed E-state index contributed by atoms with van der Waals surface area (Å²) < 4.78 is 19.1. The lowest BCUT2D eigenvalue weighted by atomic mass is 10.5. The Bertz CT molecular complexity index is 438. The molecule has 0 bridgehead atoms. The molecule has 1 aromatic heterocycles. The van der Waals surface area contributed by atoms with Crippen LogP contribution in [0.3, 0.4) is 0 Å². The molecule has 84 valence electrons. The first kappa shape index (κ1) is 11.6. The summed E-state index contributed by atoms with van der Waals surface area (Å²) >= 11 is 0. The van der Waals surface area contributed by atoms with E-state index in [2.05, 4.69) is 0 Å².